The number of esters is 1. The summed E-state index contributed by atoms with van der Waals surface area (Å²) in [5.41, 5.74) is 1.71. The van der Waals surface area contributed by atoms with Gasteiger partial charge >= 0.3 is 12.1 Å². The summed E-state index contributed by atoms with van der Waals surface area (Å²) in [5, 5.41) is 2.89. The number of carbonyl (C=O) groups excluding carboxylic acids is 2. The van der Waals surface area contributed by atoms with Gasteiger partial charge in [0.25, 0.3) is 0 Å². The van der Waals surface area contributed by atoms with E-state index in [1.165, 1.54) is 0 Å². The van der Waals surface area contributed by atoms with Crippen molar-refractivity contribution in [2.75, 3.05) is 6.54 Å². The molecule has 6 heteroatoms. The van der Waals surface area contributed by atoms with Crippen LogP contribution in [-0.4, -0.2) is 24.6 Å². The highest BCUT2D eigenvalue weighted by Crippen LogP contribution is 2.06. The molecule has 0 unspecified atom stereocenters. The van der Waals surface area contributed by atoms with E-state index in [9.17, 15) is 9.59 Å². The molecule has 0 aromatic heterocycles. The van der Waals surface area contributed by atoms with Crippen LogP contribution in [0.4, 0.5) is 4.79 Å². The van der Waals surface area contributed by atoms with Crippen molar-refractivity contribution >= 4 is 12.1 Å². The van der Waals surface area contributed by atoms with Crippen LogP contribution in [0.1, 0.15) is 12.8 Å². The van der Waals surface area contributed by atoms with E-state index in [0.29, 0.717) is 6.42 Å². The predicted octanol–water partition coefficient (Wildman–Crippen LogP) is -1.14. The number of hydrogen-bond donors (Lipinski definition) is 3. The lowest BCUT2D eigenvalue weighted by Gasteiger charge is -2.07. The van der Waals surface area contributed by atoms with Gasteiger partial charge in [-0.2, -0.15) is 0 Å². The van der Waals surface area contributed by atoms with E-state index in [1.54, 1.807) is 5.43 Å². The summed E-state index contributed by atoms with van der Waals surface area (Å²) < 4.78 is 4.31. The Morgan fingerprint density at radius 2 is 2.33 bits per heavy atom. The van der Waals surface area contributed by atoms with Crippen molar-refractivity contribution in [3.8, 4) is 0 Å². The first-order valence-electron chi connectivity index (χ1n) is 3.69. The van der Waals surface area contributed by atoms with E-state index in [4.69, 9.17) is 5.84 Å². The van der Waals surface area contributed by atoms with Crippen LogP contribution in [0.2, 0.25) is 0 Å². The van der Waals surface area contributed by atoms with Gasteiger partial charge in [0.15, 0.2) is 0 Å². The number of hydrazine groups is 1. The van der Waals surface area contributed by atoms with Crippen LogP contribution in [-0.2, 0) is 9.53 Å². The summed E-state index contributed by atoms with van der Waals surface area (Å²) in [5.74, 6) is 4.15. The molecule has 1 heterocycles. The molecule has 6 nitrogen and oxygen atoms in total. The van der Waals surface area contributed by atoms with Crippen molar-refractivity contribution in [1.82, 2.24) is 10.7 Å². The fourth-order valence-corrected chi connectivity index (χ4v) is 1.08. The molecule has 0 radical (unpaired) electrons. The zero-order valence-corrected chi connectivity index (χ0v) is 6.50. The average Bonchev–Trinajstić information content (AvgIpc) is 2.56. The van der Waals surface area contributed by atoms with Crippen LogP contribution < -0.4 is 16.6 Å². The third kappa shape index (κ3) is 2.18. The number of rotatable bonds is 1. The fraction of sp³-hybridized carbons (Fsp3) is 0.667. The molecule has 12 heavy (non-hydrogen) atoms. The zero-order valence-electron chi connectivity index (χ0n) is 6.50. The molecule has 1 saturated heterocycles. The number of amides is 1. The zero-order chi connectivity index (χ0) is 8.97. The van der Waals surface area contributed by atoms with Crippen LogP contribution in [0.3, 0.4) is 0 Å². The van der Waals surface area contributed by atoms with Crippen molar-refractivity contribution < 1.29 is 14.3 Å². The second-order valence-electron chi connectivity index (χ2n) is 2.50. The van der Waals surface area contributed by atoms with Crippen LogP contribution in [0.15, 0.2) is 0 Å². The summed E-state index contributed by atoms with van der Waals surface area (Å²) in [6.45, 7) is 0.782. The number of nitrogens with two attached hydrogens (primary N) is 1. The van der Waals surface area contributed by atoms with Gasteiger partial charge in [-0.1, -0.05) is 0 Å². The first-order chi connectivity index (χ1) is 5.74. The summed E-state index contributed by atoms with van der Waals surface area (Å²) in [6.07, 6.45) is 0.703. The number of carbonyl (C=O) groups is 2. The van der Waals surface area contributed by atoms with Gasteiger partial charge in [-0.25, -0.2) is 15.4 Å². The fourth-order valence-electron chi connectivity index (χ4n) is 1.08. The lowest BCUT2D eigenvalue weighted by atomic mass is 10.2. The maximum atomic E-state index is 11.0. The lowest BCUT2D eigenvalue weighted by molar-refractivity contribution is -0.139. The maximum Gasteiger partial charge on any atom is 0.429 e. The van der Waals surface area contributed by atoms with E-state index in [1.807, 2.05) is 0 Å². The Hall–Kier alpha value is -1.14. The Balaban J connectivity index is 2.32. The summed E-state index contributed by atoms with van der Waals surface area (Å²) in [7, 11) is 0. The Kier molecular flexibility index (Phi) is 3.01. The van der Waals surface area contributed by atoms with E-state index < -0.39 is 12.1 Å². The van der Waals surface area contributed by atoms with Crippen molar-refractivity contribution in [3.63, 3.8) is 0 Å². The molecule has 1 amide bonds. The summed E-state index contributed by atoms with van der Waals surface area (Å²) in [4.78, 5) is 21.5. The van der Waals surface area contributed by atoms with Gasteiger partial charge in [-0.05, 0) is 19.4 Å². The monoisotopic (exact) mass is 173 g/mol. The largest absolute Gasteiger partial charge is 0.429 e. The molecule has 0 aliphatic carbocycles. The second kappa shape index (κ2) is 4.03. The quantitative estimate of drug-likeness (QED) is 0.153. The molecular weight excluding hydrogens is 162 g/mol. The highest BCUT2D eigenvalue weighted by Gasteiger charge is 2.25. The molecule has 1 atom stereocenters. The Bertz CT molecular complexity index is 188. The number of ether oxygens (including phenoxy) is 1. The van der Waals surface area contributed by atoms with Gasteiger partial charge < -0.3 is 10.1 Å². The molecule has 0 aromatic rings. The van der Waals surface area contributed by atoms with Gasteiger partial charge in [-0.3, -0.25) is 5.43 Å². The lowest BCUT2D eigenvalue weighted by Crippen LogP contribution is -2.39. The van der Waals surface area contributed by atoms with Crippen LogP contribution in [0.5, 0.6) is 0 Å². The molecule has 1 fully saturated rings. The summed E-state index contributed by atoms with van der Waals surface area (Å²) >= 11 is 0. The second-order valence-corrected chi connectivity index (χ2v) is 2.50. The van der Waals surface area contributed by atoms with Gasteiger partial charge in [0.05, 0.1) is 0 Å². The van der Waals surface area contributed by atoms with Gasteiger partial charge in [0, 0.05) is 0 Å². The van der Waals surface area contributed by atoms with E-state index in [0.717, 1.165) is 13.0 Å². The minimum absolute atomic E-state index is 0.359. The van der Waals surface area contributed by atoms with Crippen LogP contribution >= 0.6 is 0 Å². The highest BCUT2D eigenvalue weighted by molar-refractivity contribution is 5.87. The van der Waals surface area contributed by atoms with Gasteiger partial charge in [-0.15, -0.1) is 0 Å². The Labute approximate surface area is 69.4 Å². The topological polar surface area (TPSA) is 93.4 Å². The minimum atomic E-state index is -0.922. The first kappa shape index (κ1) is 8.95. The molecule has 0 aromatic carbocycles. The smallest absolute Gasteiger partial charge is 0.374 e. The minimum Gasteiger partial charge on any atom is -0.374 e. The third-order valence-corrected chi connectivity index (χ3v) is 1.66. The van der Waals surface area contributed by atoms with Crippen LogP contribution in [0, 0.1) is 0 Å². The standard InChI is InChI=1S/C6H11N3O3/c7-9-6(11)12-5(10)4-2-1-3-8-4/h4,8H,1-3,7H2,(H,9,11)/t4-/m0/s1. The van der Waals surface area contributed by atoms with Crippen LogP contribution in [0.25, 0.3) is 0 Å². The molecule has 4 N–H and O–H groups in total. The average molecular weight is 173 g/mol. The molecule has 0 bridgehead atoms. The first-order valence-corrected chi connectivity index (χ1v) is 3.69. The molecule has 1 aliphatic rings. The predicted molar refractivity (Wildman–Crippen MR) is 39.8 cm³/mol. The van der Waals surface area contributed by atoms with Crippen molar-refractivity contribution in [2.45, 2.75) is 18.9 Å². The maximum absolute atomic E-state index is 11.0. The molecule has 0 saturated carbocycles. The third-order valence-electron chi connectivity index (χ3n) is 1.66. The van der Waals surface area contributed by atoms with Gasteiger partial charge in [0.1, 0.15) is 6.04 Å². The van der Waals surface area contributed by atoms with Crippen molar-refractivity contribution in [2.24, 2.45) is 5.84 Å². The van der Waals surface area contributed by atoms with E-state index in [-0.39, 0.29) is 6.04 Å². The number of nitrogens with one attached hydrogen (secondary N) is 2. The summed E-state index contributed by atoms with van der Waals surface area (Å²) in [6, 6.07) is -0.359. The molecule has 1 rings (SSSR count). The molecule has 68 valence electrons. The highest BCUT2D eigenvalue weighted by atomic mass is 16.6. The SMILES string of the molecule is NNC(=O)OC(=O)[C@@H]1CCCN1. The van der Waals surface area contributed by atoms with E-state index >= 15 is 0 Å². The van der Waals surface area contributed by atoms with E-state index in [2.05, 4.69) is 10.1 Å². The Morgan fingerprint density at radius 3 is 2.83 bits per heavy atom. The Morgan fingerprint density at radius 1 is 1.58 bits per heavy atom. The van der Waals surface area contributed by atoms with Gasteiger partial charge in [0.2, 0.25) is 0 Å². The molecular formula is C6H11N3O3. The number of hydrogen-bond acceptors (Lipinski definition) is 5. The van der Waals surface area contributed by atoms with Crippen molar-refractivity contribution in [1.29, 1.82) is 0 Å². The molecule has 0 spiro atoms. The van der Waals surface area contributed by atoms with Crippen molar-refractivity contribution in [3.05, 3.63) is 0 Å². The molecule has 1 aliphatic heterocycles. The normalized spacial score (nSPS) is 21.9.